The lowest BCUT2D eigenvalue weighted by molar-refractivity contribution is -0.122. The van der Waals surface area contributed by atoms with Gasteiger partial charge in [-0.2, -0.15) is 0 Å². The molecular formula is C22H24N2O. The minimum atomic E-state index is 0.257. The summed E-state index contributed by atoms with van der Waals surface area (Å²) in [5.41, 5.74) is 6.82. The monoisotopic (exact) mass is 332 g/mol. The van der Waals surface area contributed by atoms with E-state index in [0.717, 1.165) is 29.7 Å². The molecule has 1 fully saturated rings. The smallest absolute Gasteiger partial charge is 0.144 e. The normalized spacial score (nSPS) is 15.1. The second kappa shape index (κ2) is 6.47. The SMILES string of the molecule is Cc1cccc(C)c1-c1cccn2c(CC(=O)C3CCCC3)cnc12. The van der Waals surface area contributed by atoms with Crippen LogP contribution >= 0.6 is 0 Å². The lowest BCUT2D eigenvalue weighted by atomic mass is 9.96. The minimum absolute atomic E-state index is 0.257. The van der Waals surface area contributed by atoms with Crippen molar-refractivity contribution in [3.8, 4) is 11.1 Å². The molecule has 2 heterocycles. The second-order valence-electron chi connectivity index (χ2n) is 7.26. The van der Waals surface area contributed by atoms with E-state index in [1.165, 1.54) is 29.5 Å². The molecule has 3 heteroatoms. The summed E-state index contributed by atoms with van der Waals surface area (Å²) in [5, 5.41) is 0. The third kappa shape index (κ3) is 2.88. The summed E-state index contributed by atoms with van der Waals surface area (Å²) >= 11 is 0. The zero-order valence-electron chi connectivity index (χ0n) is 15.0. The lowest BCUT2D eigenvalue weighted by Gasteiger charge is -2.12. The summed E-state index contributed by atoms with van der Waals surface area (Å²) in [6.07, 6.45) is 8.89. The van der Waals surface area contributed by atoms with Gasteiger partial charge >= 0.3 is 0 Å². The van der Waals surface area contributed by atoms with Crippen molar-refractivity contribution in [2.24, 2.45) is 5.92 Å². The van der Waals surface area contributed by atoms with Gasteiger partial charge in [0.25, 0.3) is 0 Å². The maximum Gasteiger partial charge on any atom is 0.144 e. The van der Waals surface area contributed by atoms with Crippen LogP contribution in [0, 0.1) is 19.8 Å². The Hall–Kier alpha value is -2.42. The van der Waals surface area contributed by atoms with E-state index in [0.29, 0.717) is 12.2 Å². The number of aromatic nitrogens is 2. The van der Waals surface area contributed by atoms with Crippen LogP contribution in [0.15, 0.2) is 42.7 Å². The molecule has 0 atom stereocenters. The van der Waals surface area contributed by atoms with E-state index >= 15 is 0 Å². The number of aryl methyl sites for hydroxylation is 2. The standard InChI is InChI=1S/C22H24N2O/c1-15-7-5-8-16(2)21(15)19-11-6-12-24-18(14-23-22(19)24)13-20(25)17-9-3-4-10-17/h5-8,11-12,14,17H,3-4,9-10,13H2,1-2H3. The molecule has 1 aliphatic rings. The maximum absolute atomic E-state index is 12.6. The molecule has 1 aromatic carbocycles. The van der Waals surface area contributed by atoms with Crippen LogP contribution < -0.4 is 0 Å². The van der Waals surface area contributed by atoms with E-state index in [-0.39, 0.29) is 5.92 Å². The van der Waals surface area contributed by atoms with E-state index in [1.807, 2.05) is 12.4 Å². The number of ketones is 1. The number of imidazole rings is 1. The molecule has 3 aromatic rings. The number of rotatable bonds is 4. The van der Waals surface area contributed by atoms with Gasteiger partial charge in [0.2, 0.25) is 0 Å². The Morgan fingerprint density at radius 1 is 1.12 bits per heavy atom. The zero-order chi connectivity index (χ0) is 17.4. The van der Waals surface area contributed by atoms with Crippen molar-refractivity contribution in [3.63, 3.8) is 0 Å². The largest absolute Gasteiger partial charge is 0.303 e. The van der Waals surface area contributed by atoms with Gasteiger partial charge in [0.05, 0.1) is 0 Å². The number of hydrogen-bond acceptors (Lipinski definition) is 2. The van der Waals surface area contributed by atoms with Gasteiger partial charge in [-0.05, 0) is 55.5 Å². The molecule has 0 spiro atoms. The number of nitrogens with zero attached hydrogens (tertiary/aromatic N) is 2. The third-order valence-corrected chi connectivity index (χ3v) is 5.53. The minimum Gasteiger partial charge on any atom is -0.303 e. The molecule has 2 aromatic heterocycles. The van der Waals surface area contributed by atoms with Crippen LogP contribution in [0.1, 0.15) is 42.5 Å². The van der Waals surface area contributed by atoms with Crippen LogP contribution in [0.2, 0.25) is 0 Å². The van der Waals surface area contributed by atoms with Crippen LogP contribution in [0.4, 0.5) is 0 Å². The number of carbonyl (C=O) groups is 1. The summed E-state index contributed by atoms with van der Waals surface area (Å²) in [7, 11) is 0. The number of Topliss-reactive ketones (excluding diaryl/α,β-unsaturated/α-hetero) is 1. The molecule has 0 aliphatic heterocycles. The van der Waals surface area contributed by atoms with Gasteiger partial charge < -0.3 is 4.40 Å². The predicted octanol–water partition coefficient (Wildman–Crippen LogP) is 4.92. The molecule has 1 aliphatic carbocycles. The summed E-state index contributed by atoms with van der Waals surface area (Å²) < 4.78 is 2.09. The molecule has 4 rings (SSSR count). The van der Waals surface area contributed by atoms with E-state index < -0.39 is 0 Å². The van der Waals surface area contributed by atoms with Gasteiger partial charge in [-0.15, -0.1) is 0 Å². The van der Waals surface area contributed by atoms with Crippen molar-refractivity contribution in [3.05, 3.63) is 59.5 Å². The predicted molar refractivity (Wildman–Crippen MR) is 101 cm³/mol. The fraction of sp³-hybridized carbons (Fsp3) is 0.364. The quantitative estimate of drug-likeness (QED) is 0.679. The molecule has 0 amide bonds. The van der Waals surface area contributed by atoms with Gasteiger partial charge in [-0.1, -0.05) is 31.0 Å². The second-order valence-corrected chi connectivity index (χ2v) is 7.26. The Balaban J connectivity index is 1.74. The third-order valence-electron chi connectivity index (χ3n) is 5.53. The molecule has 0 unspecified atom stereocenters. The Kier molecular flexibility index (Phi) is 4.16. The van der Waals surface area contributed by atoms with Crippen molar-refractivity contribution in [1.29, 1.82) is 0 Å². The van der Waals surface area contributed by atoms with Crippen LogP contribution in [0.5, 0.6) is 0 Å². The molecule has 1 saturated carbocycles. The zero-order valence-corrected chi connectivity index (χ0v) is 15.0. The van der Waals surface area contributed by atoms with Crippen LogP contribution in [-0.2, 0) is 11.2 Å². The molecular weight excluding hydrogens is 308 g/mol. The Morgan fingerprint density at radius 3 is 2.56 bits per heavy atom. The highest BCUT2D eigenvalue weighted by atomic mass is 16.1. The first-order chi connectivity index (χ1) is 12.1. The molecule has 0 bridgehead atoms. The van der Waals surface area contributed by atoms with E-state index in [4.69, 9.17) is 0 Å². The first-order valence-electron chi connectivity index (χ1n) is 9.19. The van der Waals surface area contributed by atoms with Crippen molar-refractivity contribution in [2.45, 2.75) is 46.0 Å². The molecule has 0 N–H and O–H groups in total. The summed E-state index contributed by atoms with van der Waals surface area (Å²) in [4.78, 5) is 17.2. The Labute approximate surface area is 148 Å². The van der Waals surface area contributed by atoms with Gasteiger partial charge in [-0.3, -0.25) is 4.79 Å². The molecule has 25 heavy (non-hydrogen) atoms. The van der Waals surface area contributed by atoms with E-state index in [1.54, 1.807) is 0 Å². The van der Waals surface area contributed by atoms with Gasteiger partial charge in [0.15, 0.2) is 0 Å². The number of pyridine rings is 1. The first kappa shape index (κ1) is 16.1. The topological polar surface area (TPSA) is 34.4 Å². The first-order valence-corrected chi connectivity index (χ1v) is 9.19. The summed E-state index contributed by atoms with van der Waals surface area (Å²) in [6.45, 7) is 4.28. The number of fused-ring (bicyclic) bond motifs is 1. The Morgan fingerprint density at radius 2 is 1.84 bits per heavy atom. The molecule has 128 valence electrons. The van der Waals surface area contributed by atoms with Crippen LogP contribution in [0.25, 0.3) is 16.8 Å². The average molecular weight is 332 g/mol. The molecule has 3 nitrogen and oxygen atoms in total. The van der Waals surface area contributed by atoms with Crippen molar-refractivity contribution < 1.29 is 4.79 Å². The highest BCUT2D eigenvalue weighted by Gasteiger charge is 2.23. The van der Waals surface area contributed by atoms with Crippen molar-refractivity contribution >= 4 is 11.4 Å². The van der Waals surface area contributed by atoms with Gasteiger partial charge in [0.1, 0.15) is 11.4 Å². The highest BCUT2D eigenvalue weighted by molar-refractivity contribution is 5.85. The van der Waals surface area contributed by atoms with Crippen molar-refractivity contribution in [1.82, 2.24) is 9.38 Å². The maximum atomic E-state index is 12.6. The van der Waals surface area contributed by atoms with E-state index in [2.05, 4.69) is 53.6 Å². The average Bonchev–Trinajstić information content (AvgIpc) is 3.25. The highest BCUT2D eigenvalue weighted by Crippen LogP contribution is 2.31. The number of benzene rings is 1. The van der Waals surface area contributed by atoms with Crippen LogP contribution in [0.3, 0.4) is 0 Å². The number of carbonyl (C=O) groups excluding carboxylic acids is 1. The molecule has 0 saturated heterocycles. The lowest BCUT2D eigenvalue weighted by Crippen LogP contribution is -2.14. The fourth-order valence-corrected chi connectivity index (χ4v) is 4.20. The van der Waals surface area contributed by atoms with E-state index in [9.17, 15) is 4.79 Å². The van der Waals surface area contributed by atoms with Crippen molar-refractivity contribution in [2.75, 3.05) is 0 Å². The molecule has 0 radical (unpaired) electrons. The number of hydrogen-bond donors (Lipinski definition) is 0. The Bertz CT molecular complexity index is 912. The van der Waals surface area contributed by atoms with Crippen LogP contribution in [-0.4, -0.2) is 15.2 Å². The summed E-state index contributed by atoms with van der Waals surface area (Å²) in [6, 6.07) is 10.5. The van der Waals surface area contributed by atoms with Gasteiger partial charge in [-0.25, -0.2) is 4.98 Å². The van der Waals surface area contributed by atoms with Gasteiger partial charge in [0, 0.05) is 36.0 Å². The fourth-order valence-electron chi connectivity index (χ4n) is 4.20. The summed E-state index contributed by atoms with van der Waals surface area (Å²) in [5.74, 6) is 0.629.